The van der Waals surface area contributed by atoms with Gasteiger partial charge in [-0.15, -0.1) is 0 Å². The number of amidine groups is 1. The van der Waals surface area contributed by atoms with Crippen molar-refractivity contribution in [1.29, 1.82) is 0 Å². The first-order chi connectivity index (χ1) is 17.7. The summed E-state index contributed by atoms with van der Waals surface area (Å²) in [5.41, 5.74) is 1.70. The number of urea groups is 1. The van der Waals surface area contributed by atoms with Gasteiger partial charge < -0.3 is 19.3 Å². The number of nitrogens with zero attached hydrogens (tertiary/aromatic N) is 4. The number of amides is 3. The third-order valence-corrected chi connectivity index (χ3v) is 7.03. The van der Waals surface area contributed by atoms with Gasteiger partial charge in [-0.1, -0.05) is 30.7 Å². The fourth-order valence-corrected chi connectivity index (χ4v) is 5.01. The van der Waals surface area contributed by atoms with Crippen molar-refractivity contribution in [2.45, 2.75) is 52.3 Å². The number of piperazine rings is 1. The molecule has 0 aliphatic carbocycles. The van der Waals surface area contributed by atoms with E-state index in [4.69, 9.17) is 26.1 Å². The summed E-state index contributed by atoms with van der Waals surface area (Å²) in [6.45, 7) is 9.50. The van der Waals surface area contributed by atoms with Crippen molar-refractivity contribution in [2.24, 2.45) is 4.99 Å². The van der Waals surface area contributed by atoms with Crippen LogP contribution in [0, 0.1) is 0 Å². The molecule has 0 radical (unpaired) electrons. The topological polar surface area (TPSA) is 74.7 Å². The lowest BCUT2D eigenvalue weighted by Crippen LogP contribution is -2.55. The molecule has 1 saturated heterocycles. The molecule has 2 aromatic rings. The largest absolute Gasteiger partial charge is 0.497 e. The van der Waals surface area contributed by atoms with E-state index in [-0.39, 0.29) is 30.1 Å². The Morgan fingerprint density at radius 3 is 2.27 bits per heavy atom. The van der Waals surface area contributed by atoms with Gasteiger partial charge in [-0.25, -0.2) is 4.79 Å². The molecule has 0 spiro atoms. The average molecular weight is 527 g/mol. The van der Waals surface area contributed by atoms with Crippen molar-refractivity contribution in [3.05, 3.63) is 58.6 Å². The van der Waals surface area contributed by atoms with E-state index >= 15 is 0 Å². The molecule has 0 N–H and O–H groups in total. The van der Waals surface area contributed by atoms with Crippen LogP contribution in [0.25, 0.3) is 0 Å². The third-order valence-electron chi connectivity index (χ3n) is 6.78. The number of rotatable bonds is 6. The Bertz CT molecular complexity index is 1160. The summed E-state index contributed by atoms with van der Waals surface area (Å²) in [6.07, 6.45) is 0.667. The van der Waals surface area contributed by atoms with Crippen molar-refractivity contribution in [3.8, 4) is 11.5 Å². The summed E-state index contributed by atoms with van der Waals surface area (Å²) in [5, 5.41) is 0.636. The number of ether oxygens (including phenoxy) is 2. The smallest absolute Gasteiger partial charge is 0.326 e. The first kappa shape index (κ1) is 26.8. The highest BCUT2D eigenvalue weighted by molar-refractivity contribution is 6.30. The van der Waals surface area contributed by atoms with Crippen LogP contribution in [0.15, 0.2) is 47.5 Å². The van der Waals surface area contributed by atoms with Crippen LogP contribution in [-0.2, 0) is 4.79 Å². The Kier molecular flexibility index (Phi) is 8.27. The fraction of sp³-hybridized carbons (Fsp3) is 0.464. The second-order valence-corrected chi connectivity index (χ2v) is 10.0. The minimum atomic E-state index is -0.301. The Balaban J connectivity index is 1.78. The van der Waals surface area contributed by atoms with E-state index in [9.17, 15) is 9.59 Å². The van der Waals surface area contributed by atoms with Crippen LogP contribution < -0.4 is 9.47 Å². The van der Waals surface area contributed by atoms with Gasteiger partial charge in [-0.05, 0) is 50.1 Å². The fourth-order valence-electron chi connectivity index (χ4n) is 4.88. The Morgan fingerprint density at radius 1 is 1.05 bits per heavy atom. The van der Waals surface area contributed by atoms with Crippen LogP contribution in [0.5, 0.6) is 11.5 Å². The van der Waals surface area contributed by atoms with Gasteiger partial charge in [0.15, 0.2) is 0 Å². The summed E-state index contributed by atoms with van der Waals surface area (Å²) in [5.74, 6) is 1.87. The maximum Gasteiger partial charge on any atom is 0.326 e. The SMILES string of the molecule is CCC1N=C(c2ccc(OC)cc2OC(C)C)N(C(=O)N2CCN(C(C)=O)CC2)[C@H]1c1ccc(Cl)cc1. The van der Waals surface area contributed by atoms with E-state index in [1.807, 2.05) is 61.2 Å². The van der Waals surface area contributed by atoms with E-state index in [2.05, 4.69) is 6.92 Å². The van der Waals surface area contributed by atoms with Crippen LogP contribution >= 0.6 is 11.6 Å². The van der Waals surface area contributed by atoms with Crippen LogP contribution in [0.3, 0.4) is 0 Å². The highest BCUT2D eigenvalue weighted by atomic mass is 35.5. The first-order valence-electron chi connectivity index (χ1n) is 12.8. The lowest BCUT2D eigenvalue weighted by molar-refractivity contribution is -0.130. The molecule has 3 amide bonds. The summed E-state index contributed by atoms with van der Waals surface area (Å²) in [7, 11) is 1.61. The number of hydrogen-bond donors (Lipinski definition) is 0. The number of methoxy groups -OCH3 is 1. The molecule has 2 heterocycles. The molecule has 2 aliphatic heterocycles. The normalized spacial score (nSPS) is 19.8. The molecule has 0 aromatic heterocycles. The number of halogens is 1. The molecule has 1 unspecified atom stereocenters. The van der Waals surface area contributed by atoms with Gasteiger partial charge in [-0.2, -0.15) is 0 Å². The maximum absolute atomic E-state index is 14.2. The summed E-state index contributed by atoms with van der Waals surface area (Å²) in [4.78, 5) is 36.5. The zero-order valence-electron chi connectivity index (χ0n) is 22.1. The van der Waals surface area contributed by atoms with Crippen molar-refractivity contribution in [2.75, 3.05) is 33.3 Å². The minimum Gasteiger partial charge on any atom is -0.497 e. The number of aliphatic imine (C=N–C) groups is 1. The lowest BCUT2D eigenvalue weighted by Gasteiger charge is -2.38. The van der Waals surface area contributed by atoms with Gasteiger partial charge in [0.05, 0.1) is 30.9 Å². The molecule has 37 heavy (non-hydrogen) atoms. The van der Waals surface area contributed by atoms with E-state index in [1.165, 1.54) is 0 Å². The molecular weight excluding hydrogens is 492 g/mol. The molecule has 0 bridgehead atoms. The Morgan fingerprint density at radius 2 is 1.70 bits per heavy atom. The highest BCUT2D eigenvalue weighted by Gasteiger charge is 2.43. The Labute approximate surface area is 223 Å². The minimum absolute atomic E-state index is 0.0225. The predicted molar refractivity (Wildman–Crippen MR) is 145 cm³/mol. The predicted octanol–water partition coefficient (Wildman–Crippen LogP) is 5.00. The van der Waals surface area contributed by atoms with E-state index < -0.39 is 0 Å². The molecule has 198 valence electrons. The quantitative estimate of drug-likeness (QED) is 0.531. The van der Waals surface area contributed by atoms with Gasteiger partial charge in [0.1, 0.15) is 17.3 Å². The molecule has 1 fully saturated rings. The number of carbonyl (C=O) groups excluding carboxylic acids is 2. The molecule has 0 saturated carbocycles. The monoisotopic (exact) mass is 526 g/mol. The molecule has 9 heteroatoms. The van der Waals surface area contributed by atoms with Crippen LogP contribution in [-0.4, -0.2) is 77.9 Å². The zero-order chi connectivity index (χ0) is 26.7. The van der Waals surface area contributed by atoms with Gasteiger partial charge in [0.2, 0.25) is 5.91 Å². The van der Waals surface area contributed by atoms with E-state index in [1.54, 1.807) is 23.8 Å². The maximum atomic E-state index is 14.2. The van der Waals surface area contributed by atoms with Crippen LogP contribution in [0.1, 0.15) is 51.3 Å². The van der Waals surface area contributed by atoms with Crippen molar-refractivity contribution < 1.29 is 19.1 Å². The van der Waals surface area contributed by atoms with Gasteiger partial charge in [0, 0.05) is 44.2 Å². The standard InChI is InChI=1S/C28H35ClN4O4/c1-6-24-26(20-7-9-21(29)10-8-20)33(28(35)32-15-13-31(14-16-32)19(4)34)27(30-24)23-12-11-22(36-5)17-25(23)37-18(2)3/h7-12,17-18,24,26H,6,13-16H2,1-5H3/t24?,26-/m0/s1. The van der Waals surface area contributed by atoms with E-state index in [0.29, 0.717) is 48.5 Å². The number of benzene rings is 2. The molecule has 2 atom stereocenters. The van der Waals surface area contributed by atoms with Gasteiger partial charge >= 0.3 is 6.03 Å². The summed E-state index contributed by atoms with van der Waals surface area (Å²) >= 11 is 6.19. The number of hydrogen-bond acceptors (Lipinski definition) is 5. The zero-order valence-corrected chi connectivity index (χ0v) is 22.9. The summed E-state index contributed by atoms with van der Waals surface area (Å²) < 4.78 is 11.6. The Hall–Kier alpha value is -3.26. The number of carbonyl (C=O) groups is 2. The first-order valence-corrected chi connectivity index (χ1v) is 13.1. The van der Waals surface area contributed by atoms with Crippen molar-refractivity contribution >= 4 is 29.4 Å². The summed E-state index contributed by atoms with van der Waals surface area (Å²) in [6, 6.07) is 12.6. The molecule has 8 nitrogen and oxygen atoms in total. The van der Waals surface area contributed by atoms with Crippen molar-refractivity contribution in [1.82, 2.24) is 14.7 Å². The average Bonchev–Trinajstić information content (AvgIpc) is 3.27. The van der Waals surface area contributed by atoms with Crippen molar-refractivity contribution in [3.63, 3.8) is 0 Å². The van der Waals surface area contributed by atoms with Gasteiger partial charge in [0.25, 0.3) is 0 Å². The molecule has 2 aromatic carbocycles. The second-order valence-electron chi connectivity index (χ2n) is 9.60. The highest BCUT2D eigenvalue weighted by Crippen LogP contribution is 2.39. The lowest BCUT2D eigenvalue weighted by atomic mass is 9.97. The second kappa shape index (κ2) is 11.4. The molecule has 2 aliphatic rings. The van der Waals surface area contributed by atoms with Gasteiger partial charge in [-0.3, -0.25) is 14.7 Å². The van der Waals surface area contributed by atoms with Crippen LogP contribution in [0.4, 0.5) is 4.79 Å². The van der Waals surface area contributed by atoms with E-state index in [0.717, 1.165) is 17.5 Å². The van der Waals surface area contributed by atoms with Crippen LogP contribution in [0.2, 0.25) is 5.02 Å². The molecule has 4 rings (SSSR count). The third kappa shape index (κ3) is 5.69. The molecular formula is C28H35ClN4O4.